The molecule has 24 heavy (non-hydrogen) atoms. The van der Waals surface area contributed by atoms with Crippen LogP contribution in [0.3, 0.4) is 0 Å². The van der Waals surface area contributed by atoms with E-state index in [1.807, 2.05) is 0 Å². The molecule has 1 aliphatic rings. The number of hydrogen-bond donors (Lipinski definition) is 1. The molecule has 0 radical (unpaired) electrons. The van der Waals surface area contributed by atoms with Crippen molar-refractivity contribution in [2.24, 2.45) is 0 Å². The molecule has 0 unspecified atom stereocenters. The summed E-state index contributed by atoms with van der Waals surface area (Å²) >= 11 is 3.60. The molecule has 0 amide bonds. The quantitative estimate of drug-likeness (QED) is 0.343. The van der Waals surface area contributed by atoms with Crippen LogP contribution in [-0.4, -0.2) is 0 Å². The van der Waals surface area contributed by atoms with E-state index < -0.39 is 0 Å². The molecule has 0 atom stereocenters. The van der Waals surface area contributed by atoms with Crippen molar-refractivity contribution in [3.63, 3.8) is 0 Å². The van der Waals surface area contributed by atoms with Crippen LogP contribution in [0.5, 0.6) is 0 Å². The minimum atomic E-state index is 0.128. The summed E-state index contributed by atoms with van der Waals surface area (Å²) in [6, 6.07) is 21.9. The lowest BCUT2D eigenvalue weighted by Gasteiger charge is -2.21. The van der Waals surface area contributed by atoms with E-state index >= 15 is 0 Å². The lowest BCUT2D eigenvalue weighted by atomic mass is 9.85. The third-order valence-corrected chi connectivity index (χ3v) is 5.14. The van der Waals surface area contributed by atoms with Gasteiger partial charge >= 0.3 is 0 Å². The van der Waals surface area contributed by atoms with E-state index in [0.717, 1.165) is 10.2 Å². The topological polar surface area (TPSA) is 12.0 Å². The molecular formula is C22H20BrN. The smallest absolute Gasteiger partial charge is 0.0475 e. The van der Waals surface area contributed by atoms with E-state index in [1.54, 1.807) is 0 Å². The average molecular weight is 378 g/mol. The minimum absolute atomic E-state index is 0.128. The largest absolute Gasteiger partial charge is 0.354 e. The van der Waals surface area contributed by atoms with E-state index in [0.29, 0.717) is 0 Å². The number of nitrogens with one attached hydrogen (secondary N) is 1. The second-order valence-electron chi connectivity index (χ2n) is 7.37. The highest BCUT2D eigenvalue weighted by Gasteiger charge is 2.21. The van der Waals surface area contributed by atoms with Crippen LogP contribution in [0.2, 0.25) is 0 Å². The van der Waals surface area contributed by atoms with Crippen LogP contribution in [0.25, 0.3) is 22.3 Å². The highest BCUT2D eigenvalue weighted by molar-refractivity contribution is 9.10. The molecular weight excluding hydrogens is 358 g/mol. The molecule has 3 aromatic rings. The minimum Gasteiger partial charge on any atom is -0.354 e. The van der Waals surface area contributed by atoms with Crippen LogP contribution < -0.4 is 5.32 Å². The Bertz CT molecular complexity index is 935. The van der Waals surface area contributed by atoms with Crippen molar-refractivity contribution < 1.29 is 0 Å². The zero-order chi connectivity index (χ0) is 16.9. The van der Waals surface area contributed by atoms with Crippen LogP contribution >= 0.6 is 15.9 Å². The van der Waals surface area contributed by atoms with Crippen molar-refractivity contribution >= 4 is 27.3 Å². The van der Waals surface area contributed by atoms with Gasteiger partial charge in [-0.2, -0.15) is 0 Å². The molecule has 0 saturated heterocycles. The van der Waals surface area contributed by atoms with Crippen molar-refractivity contribution in [1.82, 2.24) is 0 Å². The van der Waals surface area contributed by atoms with Crippen molar-refractivity contribution in [2.45, 2.75) is 26.2 Å². The Hall–Kier alpha value is -2.06. The summed E-state index contributed by atoms with van der Waals surface area (Å²) in [5.41, 5.74) is 8.82. The maximum absolute atomic E-state index is 3.67. The van der Waals surface area contributed by atoms with Gasteiger partial charge in [0.2, 0.25) is 0 Å². The van der Waals surface area contributed by atoms with Crippen LogP contribution in [0, 0.1) is 0 Å². The fraction of sp³-hybridized carbons (Fsp3) is 0.182. The number of anilines is 2. The number of hydrogen-bond acceptors (Lipinski definition) is 1. The molecule has 0 bridgehead atoms. The lowest BCUT2D eigenvalue weighted by Crippen LogP contribution is -2.11. The molecule has 1 N–H and O–H groups in total. The Kier molecular flexibility index (Phi) is 3.54. The van der Waals surface area contributed by atoms with Crippen molar-refractivity contribution in [1.29, 1.82) is 0 Å². The summed E-state index contributed by atoms with van der Waals surface area (Å²) < 4.78 is 1.08. The summed E-state index contributed by atoms with van der Waals surface area (Å²) in [7, 11) is 0. The summed E-state index contributed by atoms with van der Waals surface area (Å²) in [5.74, 6) is 0. The third kappa shape index (κ3) is 2.55. The summed E-state index contributed by atoms with van der Waals surface area (Å²) in [6.07, 6.45) is 0. The van der Waals surface area contributed by atoms with E-state index in [2.05, 4.69) is 103 Å². The van der Waals surface area contributed by atoms with Gasteiger partial charge in [-0.1, -0.05) is 79.2 Å². The Labute approximate surface area is 151 Å². The molecule has 120 valence electrons. The first-order valence-electron chi connectivity index (χ1n) is 8.24. The SMILES string of the molecule is CC(C)(C)c1ccc2c(c1)Nc1cc(Br)ccc1-c1ccccc1-2. The van der Waals surface area contributed by atoms with Gasteiger partial charge in [-0.15, -0.1) is 0 Å². The molecule has 0 fully saturated rings. The summed E-state index contributed by atoms with van der Waals surface area (Å²) in [6.45, 7) is 6.76. The van der Waals surface area contributed by atoms with Gasteiger partial charge in [0, 0.05) is 27.0 Å². The van der Waals surface area contributed by atoms with E-state index in [-0.39, 0.29) is 5.41 Å². The number of benzene rings is 3. The zero-order valence-electron chi connectivity index (χ0n) is 14.2. The molecule has 2 heteroatoms. The molecule has 1 aliphatic heterocycles. The fourth-order valence-corrected chi connectivity index (χ4v) is 3.66. The maximum atomic E-state index is 3.67. The molecule has 1 nitrogen and oxygen atoms in total. The van der Waals surface area contributed by atoms with Crippen LogP contribution in [0.15, 0.2) is 65.1 Å². The van der Waals surface area contributed by atoms with E-state index in [4.69, 9.17) is 0 Å². The number of rotatable bonds is 0. The first-order chi connectivity index (χ1) is 11.4. The van der Waals surface area contributed by atoms with Gasteiger partial charge < -0.3 is 5.32 Å². The van der Waals surface area contributed by atoms with Gasteiger partial charge in [-0.05, 0) is 40.3 Å². The monoisotopic (exact) mass is 377 g/mol. The highest BCUT2D eigenvalue weighted by Crippen LogP contribution is 2.45. The van der Waals surface area contributed by atoms with Gasteiger partial charge in [-0.3, -0.25) is 0 Å². The Balaban J connectivity index is 2.02. The molecule has 3 aromatic carbocycles. The predicted molar refractivity (Wildman–Crippen MR) is 107 cm³/mol. The fourth-order valence-electron chi connectivity index (χ4n) is 3.30. The van der Waals surface area contributed by atoms with E-state index in [1.165, 1.54) is 33.5 Å². The van der Waals surface area contributed by atoms with Gasteiger partial charge in [0.15, 0.2) is 0 Å². The van der Waals surface area contributed by atoms with Crippen LogP contribution in [-0.2, 0) is 5.41 Å². The molecule has 0 saturated carbocycles. The molecule has 1 heterocycles. The second-order valence-corrected chi connectivity index (χ2v) is 8.29. The molecule has 0 aliphatic carbocycles. The van der Waals surface area contributed by atoms with Gasteiger partial charge in [-0.25, -0.2) is 0 Å². The summed E-state index contributed by atoms with van der Waals surface area (Å²) in [4.78, 5) is 0. The van der Waals surface area contributed by atoms with Crippen molar-refractivity contribution in [3.8, 4) is 22.3 Å². The number of fused-ring (bicyclic) bond motifs is 5. The lowest BCUT2D eigenvalue weighted by molar-refractivity contribution is 0.590. The van der Waals surface area contributed by atoms with Crippen molar-refractivity contribution in [3.05, 3.63) is 70.7 Å². The van der Waals surface area contributed by atoms with Gasteiger partial charge in [0.05, 0.1) is 0 Å². The first-order valence-corrected chi connectivity index (χ1v) is 9.04. The zero-order valence-corrected chi connectivity index (χ0v) is 15.7. The highest BCUT2D eigenvalue weighted by atomic mass is 79.9. The van der Waals surface area contributed by atoms with Crippen LogP contribution in [0.1, 0.15) is 26.3 Å². The van der Waals surface area contributed by atoms with E-state index in [9.17, 15) is 0 Å². The summed E-state index contributed by atoms with van der Waals surface area (Å²) in [5, 5.41) is 3.67. The second kappa shape index (κ2) is 5.49. The molecule has 0 spiro atoms. The molecule has 0 aromatic heterocycles. The van der Waals surface area contributed by atoms with Crippen molar-refractivity contribution in [2.75, 3.05) is 5.32 Å². The van der Waals surface area contributed by atoms with Gasteiger partial charge in [0.25, 0.3) is 0 Å². The third-order valence-electron chi connectivity index (χ3n) is 4.64. The standard InChI is InChI=1S/C22H20BrN/c1-22(2,3)14-8-10-18-16-6-4-5-7-17(16)19-11-9-15(23)13-21(19)24-20(18)12-14/h4-13,24H,1-3H3. The van der Waals surface area contributed by atoms with Crippen LogP contribution in [0.4, 0.5) is 11.4 Å². The Morgan fingerprint density at radius 2 is 1.29 bits per heavy atom. The Morgan fingerprint density at radius 3 is 1.92 bits per heavy atom. The maximum Gasteiger partial charge on any atom is 0.0475 e. The van der Waals surface area contributed by atoms with Gasteiger partial charge in [0.1, 0.15) is 0 Å². The first kappa shape index (κ1) is 15.5. The number of halogens is 1. The predicted octanol–water partition coefficient (Wildman–Crippen LogP) is 7.14. The normalized spacial score (nSPS) is 12.5. The molecule has 4 rings (SSSR count). The average Bonchev–Trinajstić information content (AvgIpc) is 2.67. The Morgan fingerprint density at radius 1 is 0.708 bits per heavy atom.